The van der Waals surface area contributed by atoms with E-state index in [0.717, 1.165) is 87.2 Å². The van der Waals surface area contributed by atoms with Crippen LogP contribution in [0.3, 0.4) is 0 Å². The number of nitrogens with zero attached hydrogens (tertiary/aromatic N) is 6. The molecule has 2 aromatic heterocycles. The van der Waals surface area contributed by atoms with Gasteiger partial charge < -0.3 is 0 Å². The van der Waals surface area contributed by atoms with E-state index >= 15 is 0 Å². The summed E-state index contributed by atoms with van der Waals surface area (Å²) in [6, 6.07) is 58.1. The first-order valence-corrected chi connectivity index (χ1v) is 18.9. The maximum atomic E-state index is 9.23. The summed E-state index contributed by atoms with van der Waals surface area (Å²) < 4.78 is 0. The molecule has 2 heterocycles. The zero-order valence-electron chi connectivity index (χ0n) is 31.0. The molecule has 0 aliphatic rings. The van der Waals surface area contributed by atoms with Gasteiger partial charge in [-0.05, 0) is 101 Å². The normalized spacial score (nSPS) is 11.1. The molecule has 0 aliphatic heterocycles. The standard InChI is InChI=1S/C52H30N6/c53-27-33-13-17-35(18-14-33)39-29-55-51(56-30-39)37-21-23-47-43-9-1-2-10-44(43)48-24-22-38(52-57-31-40(32-58-52)36-19-15-34(28-54)16-20-36)26-50(48)46-12-6-4-8-42(46)41-7-3-5-11-45(41)49(47)25-37/h1-26,29-32H. The second kappa shape index (κ2) is 14.4. The van der Waals surface area contributed by atoms with Crippen LogP contribution >= 0.6 is 0 Å². The van der Waals surface area contributed by atoms with Gasteiger partial charge in [0.1, 0.15) is 0 Å². The molecular formula is C52H30N6. The van der Waals surface area contributed by atoms with Gasteiger partial charge in [0.05, 0.1) is 23.3 Å². The third kappa shape index (κ3) is 6.08. The summed E-state index contributed by atoms with van der Waals surface area (Å²) in [5.74, 6) is 1.27. The summed E-state index contributed by atoms with van der Waals surface area (Å²) in [7, 11) is 0. The van der Waals surface area contributed by atoms with E-state index in [1.807, 2.05) is 49.1 Å². The van der Waals surface area contributed by atoms with Crippen molar-refractivity contribution in [3.63, 3.8) is 0 Å². The lowest BCUT2D eigenvalue weighted by Gasteiger charge is -2.12. The molecule has 0 atom stereocenters. The largest absolute Gasteiger partial charge is 0.236 e. The number of fused-ring (bicyclic) bond motifs is 10. The Kier molecular flexibility index (Phi) is 8.49. The Balaban J connectivity index is 1.20. The molecule has 0 radical (unpaired) electrons. The average molecular weight is 739 g/mol. The highest BCUT2D eigenvalue weighted by molar-refractivity contribution is 6.26. The van der Waals surface area contributed by atoms with Gasteiger partial charge in [0.15, 0.2) is 11.6 Å². The van der Waals surface area contributed by atoms with Gasteiger partial charge >= 0.3 is 0 Å². The van der Waals surface area contributed by atoms with Gasteiger partial charge in [-0.2, -0.15) is 10.5 Å². The van der Waals surface area contributed by atoms with Crippen molar-refractivity contribution in [2.45, 2.75) is 0 Å². The van der Waals surface area contributed by atoms with Crippen LogP contribution in [0.1, 0.15) is 11.1 Å². The van der Waals surface area contributed by atoms with E-state index in [4.69, 9.17) is 19.9 Å². The lowest BCUT2D eigenvalue weighted by Crippen LogP contribution is -1.91. The highest BCUT2D eigenvalue weighted by Gasteiger charge is 2.13. The van der Waals surface area contributed by atoms with Crippen LogP contribution in [0.5, 0.6) is 0 Å². The van der Waals surface area contributed by atoms with Crippen molar-refractivity contribution in [1.82, 2.24) is 19.9 Å². The average Bonchev–Trinajstić information content (AvgIpc) is 3.31. The maximum Gasteiger partial charge on any atom is 0.159 e. The van der Waals surface area contributed by atoms with Crippen LogP contribution in [-0.4, -0.2) is 19.9 Å². The molecule has 58 heavy (non-hydrogen) atoms. The summed E-state index contributed by atoms with van der Waals surface area (Å²) >= 11 is 0. The Morgan fingerprint density at radius 1 is 0.276 bits per heavy atom. The molecule has 0 unspecified atom stereocenters. The van der Waals surface area contributed by atoms with Crippen LogP contribution in [-0.2, 0) is 0 Å². The molecular weight excluding hydrogens is 709 g/mol. The fourth-order valence-electron chi connectivity index (χ4n) is 7.87. The van der Waals surface area contributed by atoms with Gasteiger partial charge in [-0.3, -0.25) is 0 Å². The Bertz CT molecular complexity index is 3090. The second-order valence-corrected chi connectivity index (χ2v) is 14.1. The summed E-state index contributed by atoms with van der Waals surface area (Å²) in [6.07, 6.45) is 7.37. The molecule has 0 N–H and O–H groups in total. The highest BCUT2D eigenvalue weighted by atomic mass is 14.9. The number of aromatic nitrogens is 4. The number of hydrogen-bond donors (Lipinski definition) is 0. The van der Waals surface area contributed by atoms with Gasteiger partial charge in [0.25, 0.3) is 0 Å². The lowest BCUT2D eigenvalue weighted by molar-refractivity contribution is 1.18. The molecule has 10 rings (SSSR count). The summed E-state index contributed by atoms with van der Waals surface area (Å²) in [5.41, 5.74) is 6.74. The molecule has 6 heteroatoms. The Morgan fingerprint density at radius 3 is 0.862 bits per heavy atom. The van der Waals surface area contributed by atoms with Crippen molar-refractivity contribution in [2.75, 3.05) is 0 Å². The van der Waals surface area contributed by atoms with Gasteiger partial charge in [-0.25, -0.2) is 19.9 Å². The first-order chi connectivity index (χ1) is 28.6. The SMILES string of the molecule is N#Cc1ccc(-c2cnc(-c3ccc4c5ccccc5c5ccc(-c6ncc(-c7ccc(C#N)cc7)cn6)cc5c5ccccc5c5ccccc5c4c3)nc2)cc1. The minimum absolute atomic E-state index is 0.615. The van der Waals surface area contributed by atoms with E-state index < -0.39 is 0 Å². The van der Waals surface area contributed by atoms with E-state index in [1.54, 1.807) is 24.3 Å². The zero-order chi connectivity index (χ0) is 39.0. The van der Waals surface area contributed by atoms with Crippen LogP contribution in [0, 0.1) is 22.7 Å². The summed E-state index contributed by atoms with van der Waals surface area (Å²) in [5, 5.41) is 29.5. The van der Waals surface area contributed by atoms with Crippen molar-refractivity contribution in [3.8, 4) is 57.2 Å². The molecule has 0 fully saturated rings. The third-order valence-electron chi connectivity index (χ3n) is 10.8. The number of hydrogen-bond acceptors (Lipinski definition) is 6. The monoisotopic (exact) mass is 738 g/mol. The molecule has 0 bridgehead atoms. The molecule has 268 valence electrons. The van der Waals surface area contributed by atoms with Gasteiger partial charge in [-0.1, -0.05) is 121 Å². The second-order valence-electron chi connectivity index (χ2n) is 14.1. The molecule has 10 aromatic rings. The molecule has 0 aliphatic carbocycles. The van der Waals surface area contributed by atoms with E-state index in [9.17, 15) is 10.5 Å². The van der Waals surface area contributed by atoms with E-state index in [1.165, 1.54) is 0 Å². The topological polar surface area (TPSA) is 99.1 Å². The van der Waals surface area contributed by atoms with Gasteiger partial charge in [0.2, 0.25) is 0 Å². The molecule has 6 nitrogen and oxygen atoms in total. The van der Waals surface area contributed by atoms with Crippen molar-refractivity contribution in [2.24, 2.45) is 0 Å². The van der Waals surface area contributed by atoms with E-state index in [-0.39, 0.29) is 0 Å². The van der Waals surface area contributed by atoms with Crippen LogP contribution in [0.15, 0.2) is 183 Å². The van der Waals surface area contributed by atoms with Crippen LogP contribution in [0.4, 0.5) is 0 Å². The molecule has 8 aromatic carbocycles. The Morgan fingerprint density at radius 2 is 0.552 bits per heavy atom. The molecule has 0 saturated carbocycles. The van der Waals surface area contributed by atoms with Crippen LogP contribution in [0.25, 0.3) is 98.9 Å². The number of nitriles is 2. The molecule has 0 amide bonds. The first kappa shape index (κ1) is 34.2. The summed E-state index contributed by atoms with van der Waals surface area (Å²) in [6.45, 7) is 0. The predicted octanol–water partition coefficient (Wildman–Crippen LogP) is 12.6. The predicted molar refractivity (Wildman–Crippen MR) is 234 cm³/mol. The van der Waals surface area contributed by atoms with Crippen molar-refractivity contribution in [1.29, 1.82) is 10.5 Å². The van der Waals surface area contributed by atoms with Crippen molar-refractivity contribution >= 4 is 53.9 Å². The fourth-order valence-corrected chi connectivity index (χ4v) is 7.87. The van der Waals surface area contributed by atoms with Gasteiger partial charge in [0, 0.05) is 47.0 Å². The number of rotatable bonds is 4. The Labute approximate surface area is 334 Å². The quantitative estimate of drug-likeness (QED) is 0.178. The molecule has 0 spiro atoms. The smallest absolute Gasteiger partial charge is 0.159 e. The van der Waals surface area contributed by atoms with Crippen molar-refractivity contribution in [3.05, 3.63) is 194 Å². The fraction of sp³-hybridized carbons (Fsp3) is 0. The van der Waals surface area contributed by atoms with Crippen molar-refractivity contribution < 1.29 is 0 Å². The Hall–Kier alpha value is -8.32. The highest BCUT2D eigenvalue weighted by Crippen LogP contribution is 2.38. The maximum absolute atomic E-state index is 9.23. The van der Waals surface area contributed by atoms with E-state index in [2.05, 4.69) is 121 Å². The van der Waals surface area contributed by atoms with Crippen LogP contribution in [0.2, 0.25) is 0 Å². The first-order valence-electron chi connectivity index (χ1n) is 18.9. The number of benzene rings is 7. The summed E-state index contributed by atoms with van der Waals surface area (Å²) in [4.78, 5) is 19.3. The minimum atomic E-state index is 0.615. The minimum Gasteiger partial charge on any atom is -0.236 e. The van der Waals surface area contributed by atoms with Gasteiger partial charge in [-0.15, -0.1) is 0 Å². The lowest BCUT2D eigenvalue weighted by atomic mass is 9.93. The molecule has 0 saturated heterocycles. The van der Waals surface area contributed by atoms with Crippen LogP contribution < -0.4 is 0 Å². The zero-order valence-corrected chi connectivity index (χ0v) is 31.0. The third-order valence-corrected chi connectivity index (χ3v) is 10.8. The van der Waals surface area contributed by atoms with E-state index in [0.29, 0.717) is 22.8 Å².